The summed E-state index contributed by atoms with van der Waals surface area (Å²) in [5.74, 6) is -1.53. The monoisotopic (exact) mass is 464 g/mol. The molecule has 3 N–H and O–H groups in total. The number of halogens is 5. The third kappa shape index (κ3) is 5.51. The van der Waals surface area contributed by atoms with Crippen molar-refractivity contribution < 1.29 is 27.7 Å². The van der Waals surface area contributed by atoms with Crippen LogP contribution in [0.1, 0.15) is 22.8 Å². The van der Waals surface area contributed by atoms with Crippen molar-refractivity contribution in [1.29, 1.82) is 0 Å². The van der Waals surface area contributed by atoms with Crippen molar-refractivity contribution in [3.05, 3.63) is 67.7 Å². The summed E-state index contributed by atoms with van der Waals surface area (Å²) in [5, 5.41) is 13.5. The van der Waals surface area contributed by atoms with Crippen molar-refractivity contribution in [1.82, 2.24) is 10.7 Å². The van der Waals surface area contributed by atoms with E-state index in [0.717, 1.165) is 6.07 Å². The fraction of sp³-hybridized carbons (Fsp3) is 0.176. The number of nitro groups is 1. The van der Waals surface area contributed by atoms with Crippen LogP contribution in [0.4, 0.5) is 24.5 Å². The van der Waals surface area contributed by atoms with Crippen LogP contribution in [0.2, 0.25) is 10.0 Å². The molecule has 160 valence electrons. The van der Waals surface area contributed by atoms with Crippen LogP contribution in [0, 0.1) is 10.1 Å². The molecule has 0 saturated heterocycles. The number of nitrogens with zero attached hydrogens (tertiary/aromatic N) is 1. The molecule has 0 radical (unpaired) electrons. The molecule has 1 unspecified atom stereocenters. The number of hydrazine groups is 1. The van der Waals surface area contributed by atoms with E-state index in [2.05, 4.69) is 16.2 Å². The average molecular weight is 465 g/mol. The minimum Gasteiger partial charge on any atom is -0.340 e. The maximum atomic E-state index is 12.7. The smallest absolute Gasteiger partial charge is 0.340 e. The number of nitro benzene ring substituents is 1. The molecule has 2 aromatic carbocycles. The van der Waals surface area contributed by atoms with Crippen LogP contribution in [0.15, 0.2) is 36.4 Å². The number of anilines is 1. The van der Waals surface area contributed by atoms with E-state index in [0.29, 0.717) is 12.1 Å². The lowest BCUT2D eigenvalue weighted by molar-refractivity contribution is -0.384. The fourth-order valence-corrected chi connectivity index (χ4v) is 2.61. The molecule has 2 aromatic rings. The van der Waals surface area contributed by atoms with E-state index < -0.39 is 40.2 Å². The van der Waals surface area contributed by atoms with Gasteiger partial charge in [0, 0.05) is 6.07 Å². The number of alkyl halides is 3. The Balaban J connectivity index is 2.07. The van der Waals surface area contributed by atoms with Crippen LogP contribution >= 0.6 is 23.2 Å². The van der Waals surface area contributed by atoms with E-state index in [1.165, 1.54) is 25.1 Å². The normalized spacial score (nSPS) is 12.1. The second kappa shape index (κ2) is 9.18. The summed E-state index contributed by atoms with van der Waals surface area (Å²) in [6.45, 7) is 1.31. The molecule has 0 heterocycles. The highest BCUT2D eigenvalue weighted by Gasteiger charge is 2.33. The highest BCUT2D eigenvalue weighted by Crippen LogP contribution is 2.34. The van der Waals surface area contributed by atoms with Crippen LogP contribution in [0.3, 0.4) is 0 Å². The van der Waals surface area contributed by atoms with Crippen molar-refractivity contribution in [2.24, 2.45) is 0 Å². The first-order chi connectivity index (χ1) is 13.9. The Kier molecular flexibility index (Phi) is 7.11. The van der Waals surface area contributed by atoms with Gasteiger partial charge in [-0.2, -0.15) is 13.2 Å². The molecule has 0 aliphatic rings. The molecule has 0 bridgehead atoms. The molecular weight excluding hydrogens is 452 g/mol. The maximum absolute atomic E-state index is 12.7. The molecule has 0 fully saturated rings. The van der Waals surface area contributed by atoms with Crippen LogP contribution < -0.4 is 16.2 Å². The first-order valence-corrected chi connectivity index (χ1v) is 8.83. The first-order valence-electron chi connectivity index (χ1n) is 8.08. The van der Waals surface area contributed by atoms with Gasteiger partial charge in [0.2, 0.25) is 0 Å². The molecule has 0 aliphatic heterocycles. The van der Waals surface area contributed by atoms with Gasteiger partial charge in [0.1, 0.15) is 11.7 Å². The van der Waals surface area contributed by atoms with Crippen LogP contribution in [-0.2, 0) is 11.0 Å². The summed E-state index contributed by atoms with van der Waals surface area (Å²) < 4.78 is 38.2. The molecule has 2 amide bonds. The van der Waals surface area contributed by atoms with Crippen molar-refractivity contribution in [2.75, 3.05) is 5.43 Å². The molecule has 0 spiro atoms. The second-order valence-electron chi connectivity index (χ2n) is 5.90. The third-order valence-electron chi connectivity index (χ3n) is 3.78. The van der Waals surface area contributed by atoms with Crippen molar-refractivity contribution in [3.8, 4) is 0 Å². The summed E-state index contributed by atoms with van der Waals surface area (Å²) >= 11 is 11.8. The molecular formula is C17H13Cl2F3N4O4. The number of hydrogen-bond acceptors (Lipinski definition) is 5. The lowest BCUT2D eigenvalue weighted by Gasteiger charge is -2.16. The van der Waals surface area contributed by atoms with Crippen LogP contribution in [0.25, 0.3) is 0 Å². The topological polar surface area (TPSA) is 113 Å². The Morgan fingerprint density at radius 3 is 2.43 bits per heavy atom. The van der Waals surface area contributed by atoms with Crippen LogP contribution in [-0.4, -0.2) is 22.8 Å². The fourth-order valence-electron chi connectivity index (χ4n) is 2.22. The Labute approximate surface area is 177 Å². The Morgan fingerprint density at radius 1 is 1.17 bits per heavy atom. The Hall–Kier alpha value is -3.05. The first kappa shape index (κ1) is 23.2. The van der Waals surface area contributed by atoms with Gasteiger partial charge < -0.3 is 5.32 Å². The van der Waals surface area contributed by atoms with Gasteiger partial charge in [-0.1, -0.05) is 29.3 Å². The lowest BCUT2D eigenvalue weighted by Crippen LogP contribution is -2.46. The zero-order valence-corrected chi connectivity index (χ0v) is 16.5. The summed E-state index contributed by atoms with van der Waals surface area (Å²) in [4.78, 5) is 34.4. The summed E-state index contributed by atoms with van der Waals surface area (Å²) in [7, 11) is 0. The van der Waals surface area contributed by atoms with E-state index in [-0.39, 0.29) is 21.3 Å². The third-order valence-corrected chi connectivity index (χ3v) is 4.60. The zero-order chi connectivity index (χ0) is 22.6. The largest absolute Gasteiger partial charge is 0.416 e. The number of hydrogen-bond donors (Lipinski definition) is 3. The quantitative estimate of drug-likeness (QED) is 0.438. The van der Waals surface area contributed by atoms with Crippen molar-refractivity contribution in [3.63, 3.8) is 0 Å². The van der Waals surface area contributed by atoms with Gasteiger partial charge in [-0.3, -0.25) is 30.6 Å². The minimum atomic E-state index is -4.77. The molecule has 13 heteroatoms. The molecule has 0 aliphatic carbocycles. The standard InChI is InChI=1S/C17H13Cl2F3N4O4/c1-8(23-16(28)10-3-2-4-11(18)14(10)19)15(27)25-24-12-6-5-9(17(20,21)22)7-13(12)26(29)30/h2-8,24H,1H3,(H,23,28)(H,25,27). The van der Waals surface area contributed by atoms with Gasteiger partial charge in [0.15, 0.2) is 0 Å². The molecule has 0 saturated carbocycles. The van der Waals surface area contributed by atoms with Gasteiger partial charge in [-0.05, 0) is 31.2 Å². The second-order valence-corrected chi connectivity index (χ2v) is 6.68. The highest BCUT2D eigenvalue weighted by molar-refractivity contribution is 6.43. The highest BCUT2D eigenvalue weighted by atomic mass is 35.5. The number of rotatable bonds is 6. The number of benzene rings is 2. The minimum absolute atomic E-state index is 0.0113. The van der Waals surface area contributed by atoms with E-state index in [1.807, 2.05) is 0 Å². The zero-order valence-electron chi connectivity index (χ0n) is 15.0. The Morgan fingerprint density at radius 2 is 1.83 bits per heavy atom. The van der Waals surface area contributed by atoms with E-state index in [1.54, 1.807) is 0 Å². The number of nitrogens with one attached hydrogen (secondary N) is 3. The lowest BCUT2D eigenvalue weighted by atomic mass is 10.1. The summed E-state index contributed by atoms with van der Waals surface area (Å²) in [6, 6.07) is 4.97. The number of amides is 2. The predicted molar refractivity (Wildman–Crippen MR) is 103 cm³/mol. The van der Waals surface area contributed by atoms with Gasteiger partial charge in [0.05, 0.1) is 26.1 Å². The summed E-state index contributed by atoms with van der Waals surface area (Å²) in [6.07, 6.45) is -4.77. The van der Waals surface area contributed by atoms with Gasteiger partial charge in [-0.25, -0.2) is 0 Å². The van der Waals surface area contributed by atoms with Gasteiger partial charge in [0.25, 0.3) is 17.5 Å². The van der Waals surface area contributed by atoms with Gasteiger partial charge in [-0.15, -0.1) is 0 Å². The summed E-state index contributed by atoms with van der Waals surface area (Å²) in [5.41, 5.74) is 1.80. The SMILES string of the molecule is CC(NC(=O)c1cccc(Cl)c1Cl)C(=O)NNc1ccc(C(F)(F)F)cc1[N+](=O)[O-]. The van der Waals surface area contributed by atoms with E-state index >= 15 is 0 Å². The maximum Gasteiger partial charge on any atom is 0.416 e. The molecule has 0 aromatic heterocycles. The molecule has 1 atom stereocenters. The van der Waals surface area contributed by atoms with Crippen LogP contribution in [0.5, 0.6) is 0 Å². The molecule has 30 heavy (non-hydrogen) atoms. The van der Waals surface area contributed by atoms with E-state index in [4.69, 9.17) is 23.2 Å². The van der Waals surface area contributed by atoms with Gasteiger partial charge >= 0.3 is 6.18 Å². The molecule has 2 rings (SSSR count). The van der Waals surface area contributed by atoms with Crippen molar-refractivity contribution in [2.45, 2.75) is 19.1 Å². The van der Waals surface area contributed by atoms with E-state index in [9.17, 15) is 32.9 Å². The number of carbonyl (C=O) groups is 2. The average Bonchev–Trinajstić information content (AvgIpc) is 2.66. The van der Waals surface area contributed by atoms with Crippen molar-refractivity contribution >= 4 is 46.4 Å². The number of carbonyl (C=O) groups excluding carboxylic acids is 2. The molecule has 8 nitrogen and oxygen atoms in total. The Bertz CT molecular complexity index is 1000. The predicted octanol–water partition coefficient (Wildman–Crippen LogP) is 4.18.